The molecule has 4 nitrogen and oxygen atoms in total. The van der Waals surface area contributed by atoms with Gasteiger partial charge in [-0.1, -0.05) is 24.3 Å². The largest absolute Gasteiger partial charge is 0.353 e. The van der Waals surface area contributed by atoms with E-state index in [9.17, 15) is 0 Å². The second kappa shape index (κ2) is 4.97. The highest BCUT2D eigenvalue weighted by Crippen LogP contribution is 2.22. The zero-order chi connectivity index (χ0) is 13.2. The second-order valence-electron chi connectivity index (χ2n) is 5.00. The van der Waals surface area contributed by atoms with Crippen LogP contribution in [0.2, 0.25) is 0 Å². The first-order chi connectivity index (χ1) is 9.25. The number of rotatable bonds is 3. The molecule has 0 bridgehead atoms. The summed E-state index contributed by atoms with van der Waals surface area (Å²) in [5, 5.41) is 3.27. The summed E-state index contributed by atoms with van der Waals surface area (Å²) in [5.74, 6) is 0.934. The average molecular weight is 254 g/mol. The Hall–Kier alpha value is -1.94. The number of anilines is 1. The third-order valence-electron chi connectivity index (χ3n) is 3.73. The minimum Gasteiger partial charge on any atom is -0.353 e. The molecule has 1 N–H and O–H groups in total. The molecule has 1 aromatic heterocycles. The highest BCUT2D eigenvalue weighted by molar-refractivity contribution is 5.63. The fraction of sp³-hybridized carbons (Fsp3) is 0.333. The van der Waals surface area contributed by atoms with E-state index in [0.717, 1.165) is 30.2 Å². The van der Waals surface area contributed by atoms with Crippen molar-refractivity contribution in [3.63, 3.8) is 0 Å². The maximum absolute atomic E-state index is 4.55. The van der Waals surface area contributed by atoms with Crippen molar-refractivity contribution < 1.29 is 0 Å². The van der Waals surface area contributed by atoms with Crippen molar-refractivity contribution in [2.75, 3.05) is 25.0 Å². The summed E-state index contributed by atoms with van der Waals surface area (Å²) in [6, 6.07) is 8.79. The van der Waals surface area contributed by atoms with Crippen molar-refractivity contribution in [3.8, 4) is 11.3 Å². The number of likely N-dealkylation sites (N-methyl/N-ethyl adjacent to an activating group) is 1. The predicted octanol–water partition coefficient (Wildman–Crippen LogP) is 1.86. The third kappa shape index (κ3) is 2.31. The Morgan fingerprint density at radius 2 is 1.95 bits per heavy atom. The Balaban J connectivity index is 1.84. The quantitative estimate of drug-likeness (QED) is 0.907. The molecule has 0 saturated carbocycles. The van der Waals surface area contributed by atoms with E-state index in [0.29, 0.717) is 6.04 Å². The van der Waals surface area contributed by atoms with E-state index in [4.69, 9.17) is 0 Å². The zero-order valence-corrected chi connectivity index (χ0v) is 11.3. The van der Waals surface area contributed by atoms with E-state index < -0.39 is 0 Å². The van der Waals surface area contributed by atoms with Gasteiger partial charge in [-0.25, -0.2) is 4.98 Å². The van der Waals surface area contributed by atoms with Gasteiger partial charge in [-0.3, -0.25) is 4.98 Å². The Morgan fingerprint density at radius 1 is 1.16 bits per heavy atom. The minimum atomic E-state index is 0.540. The van der Waals surface area contributed by atoms with Crippen LogP contribution in [0.25, 0.3) is 11.3 Å². The molecular weight excluding hydrogens is 236 g/mol. The maximum Gasteiger partial charge on any atom is 0.147 e. The summed E-state index contributed by atoms with van der Waals surface area (Å²) in [5.41, 5.74) is 3.30. The van der Waals surface area contributed by atoms with Gasteiger partial charge in [0, 0.05) is 25.7 Å². The van der Waals surface area contributed by atoms with Gasteiger partial charge in [0.1, 0.15) is 5.82 Å². The first-order valence-electron chi connectivity index (χ1n) is 6.57. The fourth-order valence-electron chi connectivity index (χ4n) is 2.24. The molecule has 98 valence electrons. The first-order valence-corrected chi connectivity index (χ1v) is 6.57. The van der Waals surface area contributed by atoms with E-state index in [1.165, 1.54) is 5.56 Å². The van der Waals surface area contributed by atoms with Crippen molar-refractivity contribution in [1.29, 1.82) is 0 Å². The standard InChI is InChI=1S/C15H18N4/c1-11-5-3-4-6-13(11)14-9-18-15(10-17-14)19(2)12-7-16-8-12/h3-6,9-10,12,16H,7-8H2,1-2H3. The molecule has 1 aromatic carbocycles. The van der Waals surface area contributed by atoms with E-state index >= 15 is 0 Å². The lowest BCUT2D eigenvalue weighted by Crippen LogP contribution is -2.56. The molecule has 0 atom stereocenters. The van der Waals surface area contributed by atoms with Crippen LogP contribution in [0, 0.1) is 6.92 Å². The smallest absolute Gasteiger partial charge is 0.147 e. The monoisotopic (exact) mass is 254 g/mol. The zero-order valence-electron chi connectivity index (χ0n) is 11.3. The SMILES string of the molecule is Cc1ccccc1-c1cnc(N(C)C2CNC2)cn1. The molecule has 19 heavy (non-hydrogen) atoms. The molecule has 1 aliphatic heterocycles. The van der Waals surface area contributed by atoms with E-state index in [1.807, 2.05) is 24.5 Å². The van der Waals surface area contributed by atoms with Gasteiger partial charge in [0.25, 0.3) is 0 Å². The van der Waals surface area contributed by atoms with Gasteiger partial charge in [0.2, 0.25) is 0 Å². The molecule has 3 rings (SSSR count). The number of hydrogen-bond donors (Lipinski definition) is 1. The highest BCUT2D eigenvalue weighted by atomic mass is 15.3. The van der Waals surface area contributed by atoms with Gasteiger partial charge in [0.15, 0.2) is 0 Å². The molecule has 0 radical (unpaired) electrons. The van der Waals surface area contributed by atoms with Crippen LogP contribution in [0.1, 0.15) is 5.56 Å². The molecule has 2 heterocycles. The summed E-state index contributed by atoms with van der Waals surface area (Å²) in [6.07, 6.45) is 3.72. The first kappa shape index (κ1) is 12.1. The molecule has 0 spiro atoms. The molecule has 2 aromatic rings. The number of benzene rings is 1. The van der Waals surface area contributed by atoms with E-state index in [1.54, 1.807) is 0 Å². The summed E-state index contributed by atoms with van der Waals surface area (Å²) in [6.45, 7) is 4.15. The van der Waals surface area contributed by atoms with Crippen molar-refractivity contribution in [2.45, 2.75) is 13.0 Å². The Morgan fingerprint density at radius 3 is 2.53 bits per heavy atom. The highest BCUT2D eigenvalue weighted by Gasteiger charge is 2.22. The van der Waals surface area contributed by atoms with Crippen LogP contribution in [-0.4, -0.2) is 36.1 Å². The van der Waals surface area contributed by atoms with Crippen molar-refractivity contribution in [2.24, 2.45) is 0 Å². The fourth-order valence-corrected chi connectivity index (χ4v) is 2.24. The van der Waals surface area contributed by atoms with Crippen molar-refractivity contribution in [1.82, 2.24) is 15.3 Å². The van der Waals surface area contributed by atoms with Crippen molar-refractivity contribution >= 4 is 5.82 Å². The van der Waals surface area contributed by atoms with Crippen LogP contribution in [-0.2, 0) is 0 Å². The van der Waals surface area contributed by atoms with Crippen LogP contribution in [0.5, 0.6) is 0 Å². The number of hydrogen-bond acceptors (Lipinski definition) is 4. The summed E-state index contributed by atoms with van der Waals surface area (Å²) in [4.78, 5) is 11.3. The number of aryl methyl sites for hydroxylation is 1. The Bertz CT molecular complexity index is 561. The second-order valence-corrected chi connectivity index (χ2v) is 5.00. The van der Waals surface area contributed by atoms with Crippen LogP contribution in [0.15, 0.2) is 36.7 Å². The normalized spacial score (nSPS) is 15.1. The number of aromatic nitrogens is 2. The topological polar surface area (TPSA) is 41.1 Å². The van der Waals surface area contributed by atoms with Crippen molar-refractivity contribution in [3.05, 3.63) is 42.2 Å². The summed E-state index contributed by atoms with van der Waals surface area (Å²) < 4.78 is 0. The molecule has 0 amide bonds. The number of nitrogens with one attached hydrogen (secondary N) is 1. The van der Waals surface area contributed by atoms with Gasteiger partial charge in [0.05, 0.1) is 24.1 Å². The molecule has 1 aliphatic rings. The van der Waals surface area contributed by atoms with Crippen LogP contribution >= 0.6 is 0 Å². The van der Waals surface area contributed by atoms with Gasteiger partial charge in [-0.2, -0.15) is 0 Å². The summed E-state index contributed by atoms with van der Waals surface area (Å²) >= 11 is 0. The maximum atomic E-state index is 4.55. The predicted molar refractivity (Wildman–Crippen MR) is 77.3 cm³/mol. The van der Waals surface area contributed by atoms with Crippen LogP contribution in [0.4, 0.5) is 5.82 Å². The van der Waals surface area contributed by atoms with E-state index in [2.05, 4.69) is 46.3 Å². The third-order valence-corrected chi connectivity index (χ3v) is 3.73. The molecule has 1 fully saturated rings. The van der Waals surface area contributed by atoms with Crippen LogP contribution < -0.4 is 10.2 Å². The van der Waals surface area contributed by atoms with Gasteiger partial charge >= 0.3 is 0 Å². The van der Waals surface area contributed by atoms with Gasteiger partial charge < -0.3 is 10.2 Å². The Kier molecular flexibility index (Phi) is 3.17. The van der Waals surface area contributed by atoms with Gasteiger partial charge in [-0.05, 0) is 12.5 Å². The number of nitrogens with zero attached hydrogens (tertiary/aromatic N) is 3. The minimum absolute atomic E-state index is 0.540. The molecule has 1 saturated heterocycles. The molecular formula is C15H18N4. The van der Waals surface area contributed by atoms with E-state index in [-0.39, 0.29) is 0 Å². The Labute approximate surface area is 113 Å². The van der Waals surface area contributed by atoms with Gasteiger partial charge in [-0.15, -0.1) is 0 Å². The summed E-state index contributed by atoms with van der Waals surface area (Å²) in [7, 11) is 2.07. The molecule has 0 aliphatic carbocycles. The average Bonchev–Trinajstić information content (AvgIpc) is 2.37. The van der Waals surface area contributed by atoms with Crippen LogP contribution in [0.3, 0.4) is 0 Å². The molecule has 0 unspecified atom stereocenters. The lowest BCUT2D eigenvalue weighted by Gasteiger charge is -2.36. The molecule has 4 heteroatoms. The lowest BCUT2D eigenvalue weighted by molar-refractivity contribution is 0.426. The lowest BCUT2D eigenvalue weighted by atomic mass is 10.1.